The second-order valence-electron chi connectivity index (χ2n) is 11.1. The number of hydrogen-bond acceptors (Lipinski definition) is 4. The van der Waals surface area contributed by atoms with E-state index in [4.69, 9.17) is 0 Å². The topological polar surface area (TPSA) is 86.8 Å². The second-order valence-corrected chi connectivity index (χ2v) is 11.1. The van der Waals surface area contributed by atoms with Gasteiger partial charge < -0.3 is 10.2 Å². The molecular formula is C34H37N3O4. The average Bonchev–Trinajstić information content (AvgIpc) is 3.58. The van der Waals surface area contributed by atoms with Gasteiger partial charge in [-0.2, -0.15) is 0 Å². The quantitative estimate of drug-likeness (QED) is 0.337. The molecule has 3 aromatic carbocycles. The highest BCUT2D eigenvalue weighted by atomic mass is 16.2. The van der Waals surface area contributed by atoms with E-state index in [1.54, 1.807) is 29.2 Å². The number of amides is 4. The lowest BCUT2D eigenvalue weighted by Crippen LogP contribution is -2.52. The van der Waals surface area contributed by atoms with Crippen LogP contribution in [-0.4, -0.2) is 52.1 Å². The van der Waals surface area contributed by atoms with Crippen molar-refractivity contribution in [3.63, 3.8) is 0 Å². The second kappa shape index (κ2) is 12.9. The minimum Gasteiger partial charge on any atom is -0.352 e. The van der Waals surface area contributed by atoms with Crippen molar-refractivity contribution in [1.82, 2.24) is 15.1 Å². The smallest absolute Gasteiger partial charge is 0.261 e. The van der Waals surface area contributed by atoms with Crippen LogP contribution in [0.2, 0.25) is 0 Å². The molecule has 0 saturated heterocycles. The number of hydrogen-bond donors (Lipinski definition) is 1. The van der Waals surface area contributed by atoms with Crippen molar-refractivity contribution >= 4 is 23.6 Å². The first-order valence-electron chi connectivity index (χ1n) is 14.6. The third kappa shape index (κ3) is 6.73. The summed E-state index contributed by atoms with van der Waals surface area (Å²) in [5.41, 5.74) is 3.84. The predicted molar refractivity (Wildman–Crippen MR) is 157 cm³/mol. The van der Waals surface area contributed by atoms with E-state index < -0.39 is 6.04 Å². The van der Waals surface area contributed by atoms with Gasteiger partial charge in [-0.3, -0.25) is 24.1 Å². The Kier molecular flexibility index (Phi) is 8.92. The zero-order chi connectivity index (χ0) is 28.8. The number of carbonyl (C=O) groups is 4. The SMILES string of the molecule is Cc1ccc(CN(C(=O)CCCN2C(=O)c3ccccc3C2=O)[C@H](Cc2ccccc2)C(=O)NC2CCCC2)cc1. The standard InChI is InChI=1S/C34H37N3O4/c1-24-17-19-26(20-18-24)23-37(30(22-25-10-3-2-4-11-25)32(39)35-27-12-5-6-13-27)31(38)16-9-21-36-33(40)28-14-7-8-15-29(28)34(36)41/h2-4,7-8,10-11,14-15,17-20,27,30H,5-6,9,12-13,16,21-23H2,1H3,(H,35,39)/t30-/m1/s1. The van der Waals surface area contributed by atoms with Crippen LogP contribution in [0.4, 0.5) is 0 Å². The molecule has 1 aliphatic carbocycles. The normalized spacial score (nSPS) is 15.6. The Labute approximate surface area is 241 Å². The van der Waals surface area contributed by atoms with E-state index in [9.17, 15) is 19.2 Å². The molecule has 1 aliphatic heterocycles. The molecule has 1 atom stereocenters. The summed E-state index contributed by atoms with van der Waals surface area (Å²) in [5.74, 6) is -0.967. The minimum absolute atomic E-state index is 0.112. The monoisotopic (exact) mass is 551 g/mol. The summed E-state index contributed by atoms with van der Waals surface area (Å²) >= 11 is 0. The van der Waals surface area contributed by atoms with Crippen LogP contribution in [0.5, 0.6) is 0 Å². The summed E-state index contributed by atoms with van der Waals surface area (Å²) < 4.78 is 0. The van der Waals surface area contributed by atoms with E-state index >= 15 is 0 Å². The highest BCUT2D eigenvalue weighted by Gasteiger charge is 2.36. The van der Waals surface area contributed by atoms with Crippen molar-refractivity contribution in [1.29, 1.82) is 0 Å². The number of nitrogens with one attached hydrogen (secondary N) is 1. The number of rotatable bonds is 11. The fourth-order valence-corrected chi connectivity index (χ4v) is 5.79. The molecule has 0 bridgehead atoms. The van der Waals surface area contributed by atoms with Crippen molar-refractivity contribution in [2.75, 3.05) is 6.54 Å². The van der Waals surface area contributed by atoms with Crippen LogP contribution in [0.3, 0.4) is 0 Å². The minimum atomic E-state index is -0.689. The Morgan fingerprint density at radius 3 is 2.10 bits per heavy atom. The zero-order valence-electron chi connectivity index (χ0n) is 23.6. The molecule has 1 fully saturated rings. The molecule has 5 rings (SSSR count). The molecule has 0 spiro atoms. The molecule has 41 heavy (non-hydrogen) atoms. The maximum Gasteiger partial charge on any atom is 0.261 e. The van der Waals surface area contributed by atoms with E-state index in [0.29, 0.717) is 30.5 Å². The maximum absolute atomic E-state index is 13.9. The zero-order valence-corrected chi connectivity index (χ0v) is 23.6. The Morgan fingerprint density at radius 2 is 1.46 bits per heavy atom. The van der Waals surface area contributed by atoms with Crippen LogP contribution >= 0.6 is 0 Å². The van der Waals surface area contributed by atoms with E-state index in [1.807, 2.05) is 61.5 Å². The number of benzene rings is 3. The molecule has 0 radical (unpaired) electrons. The van der Waals surface area contributed by atoms with Crippen LogP contribution in [0.25, 0.3) is 0 Å². The van der Waals surface area contributed by atoms with Gasteiger partial charge in [-0.1, -0.05) is 85.1 Å². The number of imide groups is 1. The van der Waals surface area contributed by atoms with Gasteiger partial charge in [0.05, 0.1) is 11.1 Å². The first-order chi connectivity index (χ1) is 19.9. The summed E-state index contributed by atoms with van der Waals surface area (Å²) in [7, 11) is 0. The molecule has 0 aromatic heterocycles. The predicted octanol–water partition coefficient (Wildman–Crippen LogP) is 5.07. The Morgan fingerprint density at radius 1 is 0.854 bits per heavy atom. The van der Waals surface area contributed by atoms with E-state index in [2.05, 4.69) is 5.32 Å². The van der Waals surface area contributed by atoms with Crippen molar-refractivity contribution in [3.8, 4) is 0 Å². The van der Waals surface area contributed by atoms with Crippen LogP contribution in [0.15, 0.2) is 78.9 Å². The fourth-order valence-electron chi connectivity index (χ4n) is 5.79. The van der Waals surface area contributed by atoms with Crippen LogP contribution in [0, 0.1) is 6.92 Å². The summed E-state index contributed by atoms with van der Waals surface area (Å²) in [6.07, 6.45) is 4.93. The lowest BCUT2D eigenvalue weighted by atomic mass is 10.0. The molecule has 1 N–H and O–H groups in total. The Balaban J connectivity index is 1.35. The molecule has 4 amide bonds. The fraction of sp³-hybridized carbons (Fsp3) is 0.353. The van der Waals surface area contributed by atoms with E-state index in [1.165, 1.54) is 4.90 Å². The summed E-state index contributed by atoms with van der Waals surface area (Å²) in [6.45, 7) is 2.45. The van der Waals surface area contributed by atoms with Crippen molar-refractivity contribution in [2.45, 2.75) is 70.5 Å². The molecule has 0 unspecified atom stereocenters. The first-order valence-corrected chi connectivity index (χ1v) is 14.6. The van der Waals surface area contributed by atoms with Gasteiger partial charge >= 0.3 is 0 Å². The maximum atomic E-state index is 13.9. The van der Waals surface area contributed by atoms with Crippen LogP contribution in [0.1, 0.15) is 75.9 Å². The Hall–Kier alpha value is -4.26. The summed E-state index contributed by atoms with van der Waals surface area (Å²) in [6, 6.07) is 24.0. The first kappa shape index (κ1) is 28.3. The van der Waals surface area contributed by atoms with Gasteiger partial charge in [0.25, 0.3) is 11.8 Å². The molecular weight excluding hydrogens is 514 g/mol. The highest BCUT2D eigenvalue weighted by molar-refractivity contribution is 6.21. The van der Waals surface area contributed by atoms with E-state index in [-0.39, 0.29) is 42.6 Å². The summed E-state index contributed by atoms with van der Waals surface area (Å²) in [5, 5.41) is 3.22. The molecule has 3 aromatic rings. The molecule has 1 saturated carbocycles. The average molecular weight is 552 g/mol. The lowest BCUT2D eigenvalue weighted by molar-refractivity contribution is -0.141. The van der Waals surface area contributed by atoms with Crippen molar-refractivity contribution in [2.24, 2.45) is 0 Å². The van der Waals surface area contributed by atoms with Gasteiger partial charge in [-0.15, -0.1) is 0 Å². The lowest BCUT2D eigenvalue weighted by Gasteiger charge is -2.32. The number of aryl methyl sites for hydroxylation is 1. The van der Waals surface area contributed by atoms with Crippen LogP contribution in [-0.2, 0) is 22.6 Å². The number of fused-ring (bicyclic) bond motifs is 1. The molecule has 1 heterocycles. The number of carbonyl (C=O) groups excluding carboxylic acids is 4. The van der Waals surface area contributed by atoms with Crippen LogP contribution < -0.4 is 5.32 Å². The summed E-state index contributed by atoms with van der Waals surface area (Å²) in [4.78, 5) is 56.2. The van der Waals surface area contributed by atoms with Gasteiger partial charge in [0.2, 0.25) is 11.8 Å². The van der Waals surface area contributed by atoms with Gasteiger partial charge in [-0.05, 0) is 49.4 Å². The Bertz CT molecular complexity index is 1360. The number of nitrogens with zero attached hydrogens (tertiary/aromatic N) is 2. The molecule has 7 nitrogen and oxygen atoms in total. The van der Waals surface area contributed by atoms with Gasteiger partial charge in [0.15, 0.2) is 0 Å². The van der Waals surface area contributed by atoms with Crippen molar-refractivity contribution < 1.29 is 19.2 Å². The van der Waals surface area contributed by atoms with Gasteiger partial charge in [0, 0.05) is 32.0 Å². The largest absolute Gasteiger partial charge is 0.352 e. The van der Waals surface area contributed by atoms with Gasteiger partial charge in [0.1, 0.15) is 6.04 Å². The molecule has 7 heteroatoms. The molecule has 2 aliphatic rings. The van der Waals surface area contributed by atoms with Gasteiger partial charge in [-0.25, -0.2) is 0 Å². The van der Waals surface area contributed by atoms with Crippen molar-refractivity contribution in [3.05, 3.63) is 107 Å². The highest BCUT2D eigenvalue weighted by Crippen LogP contribution is 2.24. The molecule has 212 valence electrons. The van der Waals surface area contributed by atoms with E-state index in [0.717, 1.165) is 42.4 Å². The third-order valence-electron chi connectivity index (χ3n) is 8.10. The third-order valence-corrected chi connectivity index (χ3v) is 8.10.